The van der Waals surface area contributed by atoms with Crippen molar-refractivity contribution in [2.75, 3.05) is 6.54 Å². The highest BCUT2D eigenvalue weighted by atomic mass is 32.1. The summed E-state index contributed by atoms with van der Waals surface area (Å²) in [5.74, 6) is 0.457. The number of amides is 1. The molecule has 2 aromatic carbocycles. The summed E-state index contributed by atoms with van der Waals surface area (Å²) >= 11 is 4.99. The Morgan fingerprint density at radius 1 is 1.21 bits per heavy atom. The lowest BCUT2D eigenvalue weighted by atomic mass is 10.0. The molecule has 7 heteroatoms. The van der Waals surface area contributed by atoms with Crippen molar-refractivity contribution >= 4 is 34.1 Å². The fourth-order valence-corrected chi connectivity index (χ4v) is 3.16. The average Bonchev–Trinajstić information content (AvgIpc) is 2.70. The van der Waals surface area contributed by atoms with Gasteiger partial charge in [-0.2, -0.15) is 0 Å². The highest BCUT2D eigenvalue weighted by molar-refractivity contribution is 7.80. The van der Waals surface area contributed by atoms with Crippen LogP contribution in [0.25, 0.3) is 22.2 Å². The Morgan fingerprint density at radius 2 is 1.97 bits per heavy atom. The minimum atomic E-state index is -0.297. The van der Waals surface area contributed by atoms with Crippen LogP contribution >= 0.6 is 12.2 Å². The highest BCUT2D eigenvalue weighted by Gasteiger charge is 2.17. The molecule has 150 valence electrons. The molecule has 0 bridgehead atoms. The van der Waals surface area contributed by atoms with E-state index in [-0.39, 0.29) is 17.1 Å². The van der Waals surface area contributed by atoms with Crippen LogP contribution in [-0.2, 0) is 0 Å². The SMILES string of the molecule is CCN(NC(=O)c1cc(-c2cccc(OC(C)C)c2)nc2ccccc12)C(N)=S. The van der Waals surface area contributed by atoms with E-state index >= 15 is 0 Å². The molecular formula is C22H24N4O2S. The van der Waals surface area contributed by atoms with E-state index in [1.54, 1.807) is 6.07 Å². The zero-order valence-corrected chi connectivity index (χ0v) is 17.5. The van der Waals surface area contributed by atoms with Crippen molar-refractivity contribution in [1.82, 2.24) is 15.4 Å². The van der Waals surface area contributed by atoms with Crippen LogP contribution in [0, 0.1) is 0 Å². The molecule has 29 heavy (non-hydrogen) atoms. The van der Waals surface area contributed by atoms with E-state index in [9.17, 15) is 4.79 Å². The molecule has 0 aliphatic carbocycles. The molecule has 0 atom stereocenters. The van der Waals surface area contributed by atoms with Crippen molar-refractivity contribution in [1.29, 1.82) is 0 Å². The monoisotopic (exact) mass is 408 g/mol. The maximum atomic E-state index is 13.0. The molecule has 0 fully saturated rings. The van der Waals surface area contributed by atoms with Gasteiger partial charge in [0.1, 0.15) is 5.75 Å². The Bertz CT molecular complexity index is 1050. The maximum Gasteiger partial charge on any atom is 0.270 e. The number of para-hydroxylation sites is 1. The van der Waals surface area contributed by atoms with Crippen LogP contribution in [-0.4, -0.2) is 33.7 Å². The van der Waals surface area contributed by atoms with Crippen LogP contribution in [0.2, 0.25) is 0 Å². The van der Waals surface area contributed by atoms with E-state index in [0.29, 0.717) is 17.8 Å². The lowest BCUT2D eigenvalue weighted by Gasteiger charge is -2.22. The van der Waals surface area contributed by atoms with E-state index < -0.39 is 0 Å². The second kappa shape index (κ2) is 8.87. The van der Waals surface area contributed by atoms with Crippen LogP contribution in [0.1, 0.15) is 31.1 Å². The number of hydrazine groups is 1. The smallest absolute Gasteiger partial charge is 0.270 e. The van der Waals surface area contributed by atoms with Gasteiger partial charge in [0.2, 0.25) is 0 Å². The summed E-state index contributed by atoms with van der Waals surface area (Å²) in [5, 5.41) is 2.30. The Morgan fingerprint density at radius 3 is 2.66 bits per heavy atom. The quantitative estimate of drug-likeness (QED) is 0.492. The molecule has 1 aromatic heterocycles. The molecular weight excluding hydrogens is 384 g/mol. The first-order valence-electron chi connectivity index (χ1n) is 9.44. The molecule has 0 unspecified atom stereocenters. The van der Waals surface area contributed by atoms with Gasteiger partial charge in [0.05, 0.1) is 22.9 Å². The molecule has 3 N–H and O–H groups in total. The number of carbonyl (C=O) groups is 1. The number of nitrogens with two attached hydrogens (primary N) is 1. The summed E-state index contributed by atoms with van der Waals surface area (Å²) in [6, 6.07) is 17.0. The number of hydrogen-bond donors (Lipinski definition) is 2. The van der Waals surface area contributed by atoms with Gasteiger partial charge in [-0.15, -0.1) is 0 Å². The number of hydrogen-bond acceptors (Lipinski definition) is 4. The van der Waals surface area contributed by atoms with Crippen molar-refractivity contribution in [3.05, 3.63) is 60.2 Å². The second-order valence-electron chi connectivity index (χ2n) is 6.79. The molecule has 1 heterocycles. The number of benzene rings is 2. The second-order valence-corrected chi connectivity index (χ2v) is 7.21. The van der Waals surface area contributed by atoms with Crippen LogP contribution < -0.4 is 15.9 Å². The number of nitrogens with zero attached hydrogens (tertiary/aromatic N) is 2. The molecule has 3 rings (SSSR count). The van der Waals surface area contributed by atoms with Gasteiger partial charge in [-0.1, -0.05) is 30.3 Å². The zero-order valence-electron chi connectivity index (χ0n) is 16.7. The minimum Gasteiger partial charge on any atom is -0.491 e. The largest absolute Gasteiger partial charge is 0.491 e. The fourth-order valence-electron chi connectivity index (χ4n) is 2.98. The molecule has 0 saturated heterocycles. The van der Waals surface area contributed by atoms with Gasteiger partial charge in [0.25, 0.3) is 5.91 Å². The predicted octanol–water partition coefficient (Wildman–Crippen LogP) is 3.90. The molecule has 6 nitrogen and oxygen atoms in total. The van der Waals surface area contributed by atoms with Crippen molar-refractivity contribution in [2.45, 2.75) is 26.9 Å². The lowest BCUT2D eigenvalue weighted by molar-refractivity contribution is 0.0876. The molecule has 0 spiro atoms. The third-order valence-corrected chi connectivity index (χ3v) is 4.50. The van der Waals surface area contributed by atoms with Crippen molar-refractivity contribution < 1.29 is 9.53 Å². The highest BCUT2D eigenvalue weighted by Crippen LogP contribution is 2.27. The van der Waals surface area contributed by atoms with Gasteiger partial charge in [-0.05, 0) is 57.3 Å². The summed E-state index contributed by atoms with van der Waals surface area (Å²) < 4.78 is 5.79. The number of rotatable bonds is 5. The number of pyridine rings is 1. The number of fused-ring (bicyclic) bond motifs is 1. The molecule has 0 aliphatic rings. The third-order valence-electron chi connectivity index (χ3n) is 4.28. The van der Waals surface area contributed by atoms with Crippen molar-refractivity contribution in [3.8, 4) is 17.0 Å². The van der Waals surface area contributed by atoms with E-state index in [4.69, 9.17) is 27.7 Å². The number of aromatic nitrogens is 1. The van der Waals surface area contributed by atoms with E-state index in [2.05, 4.69) is 5.43 Å². The fraction of sp³-hybridized carbons (Fsp3) is 0.227. The standard InChI is InChI=1S/C22H24N4O2S/c1-4-26(22(23)29)25-21(27)18-13-20(24-19-11-6-5-10-17(18)19)15-8-7-9-16(12-15)28-14(2)3/h5-14H,4H2,1-3H3,(H2,23,29)(H,25,27). The first kappa shape index (κ1) is 20.5. The van der Waals surface area contributed by atoms with Crippen molar-refractivity contribution in [2.24, 2.45) is 5.73 Å². The van der Waals surface area contributed by atoms with E-state index in [1.165, 1.54) is 5.01 Å². The number of carbonyl (C=O) groups excluding carboxylic acids is 1. The topological polar surface area (TPSA) is 80.5 Å². The molecule has 1 amide bonds. The predicted molar refractivity (Wildman–Crippen MR) is 120 cm³/mol. The Balaban J connectivity index is 2.07. The summed E-state index contributed by atoms with van der Waals surface area (Å²) in [6.07, 6.45) is 0.0660. The normalized spacial score (nSPS) is 10.8. The number of ether oxygens (including phenoxy) is 1. The Kier molecular flexibility index (Phi) is 6.29. The van der Waals surface area contributed by atoms with Gasteiger partial charge in [-0.3, -0.25) is 15.2 Å². The first-order valence-corrected chi connectivity index (χ1v) is 9.84. The minimum absolute atomic E-state index is 0.0660. The molecule has 0 radical (unpaired) electrons. The Labute approximate surface area is 175 Å². The summed E-state index contributed by atoms with van der Waals surface area (Å²) in [5.41, 5.74) is 11.2. The van der Waals surface area contributed by atoms with Crippen LogP contribution in [0.5, 0.6) is 5.75 Å². The van der Waals surface area contributed by atoms with Gasteiger partial charge in [0.15, 0.2) is 5.11 Å². The molecule has 0 saturated carbocycles. The summed E-state index contributed by atoms with van der Waals surface area (Å²) in [7, 11) is 0. The van der Waals surface area contributed by atoms with E-state index in [1.807, 2.05) is 69.3 Å². The van der Waals surface area contributed by atoms with Gasteiger partial charge in [-0.25, -0.2) is 4.98 Å². The van der Waals surface area contributed by atoms with Crippen LogP contribution in [0.15, 0.2) is 54.6 Å². The summed E-state index contributed by atoms with van der Waals surface area (Å²) in [6.45, 7) is 6.27. The Hall–Kier alpha value is -3.19. The van der Waals surface area contributed by atoms with Crippen LogP contribution in [0.4, 0.5) is 0 Å². The van der Waals surface area contributed by atoms with E-state index in [0.717, 1.165) is 22.2 Å². The van der Waals surface area contributed by atoms with Gasteiger partial charge in [0, 0.05) is 17.5 Å². The summed E-state index contributed by atoms with van der Waals surface area (Å²) in [4.78, 5) is 17.8. The first-order chi connectivity index (χ1) is 13.9. The zero-order chi connectivity index (χ0) is 21.0. The average molecular weight is 409 g/mol. The molecule has 0 aliphatic heterocycles. The van der Waals surface area contributed by atoms with Gasteiger partial charge < -0.3 is 10.5 Å². The lowest BCUT2D eigenvalue weighted by Crippen LogP contribution is -2.48. The molecule has 3 aromatic rings. The van der Waals surface area contributed by atoms with Gasteiger partial charge >= 0.3 is 0 Å². The van der Waals surface area contributed by atoms with Crippen molar-refractivity contribution in [3.63, 3.8) is 0 Å². The third kappa shape index (κ3) is 4.81. The van der Waals surface area contributed by atoms with Crippen LogP contribution in [0.3, 0.4) is 0 Å². The number of thiocarbonyl (C=S) groups is 1. The number of nitrogens with one attached hydrogen (secondary N) is 1. The maximum absolute atomic E-state index is 13.0.